The molecule has 2 aromatic carbocycles. The Hall–Kier alpha value is -1.59. The minimum atomic E-state index is -1.10. The van der Waals surface area contributed by atoms with Crippen molar-refractivity contribution in [2.75, 3.05) is 5.32 Å². The van der Waals surface area contributed by atoms with Gasteiger partial charge >= 0.3 is 5.97 Å². The molecule has 20 heavy (non-hydrogen) atoms. The van der Waals surface area contributed by atoms with Crippen LogP contribution < -0.4 is 5.32 Å². The minimum Gasteiger partial charge on any atom is -0.478 e. The van der Waals surface area contributed by atoms with Gasteiger partial charge in [-0.15, -0.1) is 0 Å². The van der Waals surface area contributed by atoms with Crippen LogP contribution in [0.5, 0.6) is 0 Å². The fourth-order valence-electron chi connectivity index (χ4n) is 1.64. The third-order valence-electron chi connectivity index (χ3n) is 2.68. The van der Waals surface area contributed by atoms with Crippen molar-refractivity contribution in [1.82, 2.24) is 0 Å². The van der Waals surface area contributed by atoms with E-state index < -0.39 is 11.8 Å². The zero-order chi connectivity index (χ0) is 14.7. The average Bonchev–Trinajstić information content (AvgIpc) is 2.41. The smallest absolute Gasteiger partial charge is 0.335 e. The highest BCUT2D eigenvalue weighted by molar-refractivity contribution is 9.10. The molecule has 0 unspecified atom stereocenters. The zero-order valence-corrected chi connectivity index (χ0v) is 12.5. The molecule has 0 amide bonds. The summed E-state index contributed by atoms with van der Waals surface area (Å²) in [4.78, 5) is 10.8. The van der Waals surface area contributed by atoms with Gasteiger partial charge in [0.05, 0.1) is 16.3 Å². The van der Waals surface area contributed by atoms with Gasteiger partial charge < -0.3 is 10.4 Å². The van der Waals surface area contributed by atoms with Gasteiger partial charge in [-0.25, -0.2) is 9.18 Å². The van der Waals surface area contributed by atoms with Crippen LogP contribution >= 0.6 is 27.5 Å². The second kappa shape index (κ2) is 6.24. The van der Waals surface area contributed by atoms with Crippen molar-refractivity contribution >= 4 is 39.2 Å². The summed E-state index contributed by atoms with van der Waals surface area (Å²) in [5.41, 5.74) is 1.07. The highest BCUT2D eigenvalue weighted by atomic mass is 79.9. The lowest BCUT2D eigenvalue weighted by Crippen LogP contribution is -2.04. The first-order valence-electron chi connectivity index (χ1n) is 5.68. The molecule has 0 heterocycles. The van der Waals surface area contributed by atoms with E-state index >= 15 is 0 Å². The molecule has 0 atom stereocenters. The molecule has 0 saturated carbocycles. The molecule has 0 aliphatic carbocycles. The molecule has 0 spiro atoms. The van der Waals surface area contributed by atoms with E-state index in [1.807, 2.05) is 6.07 Å². The largest absolute Gasteiger partial charge is 0.478 e. The Kier molecular flexibility index (Phi) is 4.62. The van der Waals surface area contributed by atoms with Gasteiger partial charge in [-0.1, -0.05) is 17.7 Å². The van der Waals surface area contributed by atoms with Crippen molar-refractivity contribution in [3.63, 3.8) is 0 Å². The number of carboxylic acids is 1. The van der Waals surface area contributed by atoms with Crippen molar-refractivity contribution in [1.29, 1.82) is 0 Å². The van der Waals surface area contributed by atoms with Gasteiger partial charge in [0.25, 0.3) is 0 Å². The van der Waals surface area contributed by atoms with Crippen LogP contribution in [0.15, 0.2) is 40.9 Å². The summed E-state index contributed by atoms with van der Waals surface area (Å²) < 4.78 is 14.3. The maximum atomic E-state index is 13.6. The number of hydrogen-bond donors (Lipinski definition) is 2. The number of anilines is 1. The number of carbonyl (C=O) groups is 1. The van der Waals surface area contributed by atoms with E-state index in [1.54, 1.807) is 12.1 Å². The SMILES string of the molecule is O=C(O)c1ccc(F)c(NCc2ccc(Cl)c(Br)c2)c1. The van der Waals surface area contributed by atoms with E-state index in [-0.39, 0.29) is 11.3 Å². The molecule has 0 radical (unpaired) electrons. The lowest BCUT2D eigenvalue weighted by molar-refractivity contribution is 0.0697. The van der Waals surface area contributed by atoms with E-state index in [0.717, 1.165) is 16.1 Å². The Morgan fingerprint density at radius 1 is 1.30 bits per heavy atom. The van der Waals surface area contributed by atoms with Crippen LogP contribution in [0.25, 0.3) is 0 Å². The molecule has 2 N–H and O–H groups in total. The van der Waals surface area contributed by atoms with Gasteiger partial charge in [0.1, 0.15) is 5.82 Å². The second-order valence-electron chi connectivity index (χ2n) is 4.10. The fraction of sp³-hybridized carbons (Fsp3) is 0.0714. The van der Waals surface area contributed by atoms with Crippen molar-refractivity contribution < 1.29 is 14.3 Å². The molecule has 6 heteroatoms. The number of rotatable bonds is 4. The van der Waals surface area contributed by atoms with Gasteiger partial charge in [-0.2, -0.15) is 0 Å². The molecule has 0 bridgehead atoms. The normalized spacial score (nSPS) is 10.3. The summed E-state index contributed by atoms with van der Waals surface area (Å²) in [5, 5.41) is 12.3. The molecular formula is C14H10BrClFNO2. The standard InChI is InChI=1S/C14H10BrClFNO2/c15-10-5-8(1-3-11(10)16)7-18-13-6-9(14(19)20)2-4-12(13)17/h1-6,18H,7H2,(H,19,20). The molecule has 0 saturated heterocycles. The molecule has 104 valence electrons. The van der Waals surface area contributed by atoms with Crippen LogP contribution in [0.1, 0.15) is 15.9 Å². The lowest BCUT2D eigenvalue weighted by Gasteiger charge is -2.09. The van der Waals surface area contributed by atoms with Crippen LogP contribution in [0.3, 0.4) is 0 Å². The fourth-order valence-corrected chi connectivity index (χ4v) is 2.18. The van der Waals surface area contributed by atoms with E-state index in [2.05, 4.69) is 21.2 Å². The van der Waals surface area contributed by atoms with Crippen molar-refractivity contribution in [2.45, 2.75) is 6.54 Å². The summed E-state index contributed by atoms with van der Waals surface area (Å²) in [7, 11) is 0. The zero-order valence-electron chi connectivity index (χ0n) is 10.2. The molecular weight excluding hydrogens is 349 g/mol. The van der Waals surface area contributed by atoms with Gasteiger partial charge in [-0.3, -0.25) is 0 Å². The number of carboxylic acid groups (broad SMARTS) is 1. The Balaban J connectivity index is 2.15. The Morgan fingerprint density at radius 3 is 2.70 bits per heavy atom. The van der Waals surface area contributed by atoms with Gasteiger partial charge in [0.15, 0.2) is 0 Å². The second-order valence-corrected chi connectivity index (χ2v) is 5.36. The van der Waals surface area contributed by atoms with Crippen LogP contribution in [0.4, 0.5) is 10.1 Å². The number of nitrogens with one attached hydrogen (secondary N) is 1. The maximum Gasteiger partial charge on any atom is 0.335 e. The van der Waals surface area contributed by atoms with Gasteiger partial charge in [0, 0.05) is 11.0 Å². The van der Waals surface area contributed by atoms with E-state index in [9.17, 15) is 9.18 Å². The number of hydrogen-bond acceptors (Lipinski definition) is 2. The van der Waals surface area contributed by atoms with Crippen molar-refractivity contribution in [2.24, 2.45) is 0 Å². The Morgan fingerprint density at radius 2 is 2.05 bits per heavy atom. The van der Waals surface area contributed by atoms with Gasteiger partial charge in [0.2, 0.25) is 0 Å². The first-order chi connectivity index (χ1) is 9.47. The molecule has 0 aromatic heterocycles. The summed E-state index contributed by atoms with van der Waals surface area (Å²) in [6.07, 6.45) is 0. The molecule has 0 fully saturated rings. The monoisotopic (exact) mass is 357 g/mol. The van der Waals surface area contributed by atoms with Crippen molar-refractivity contribution in [3.8, 4) is 0 Å². The predicted molar refractivity (Wildman–Crippen MR) is 79.8 cm³/mol. The number of aromatic carboxylic acids is 1. The summed E-state index contributed by atoms with van der Waals surface area (Å²) in [5.74, 6) is -1.59. The van der Waals surface area contributed by atoms with Crippen LogP contribution in [-0.4, -0.2) is 11.1 Å². The van der Waals surface area contributed by atoms with Gasteiger partial charge in [-0.05, 0) is 51.8 Å². The van der Waals surface area contributed by atoms with Crippen LogP contribution in [0, 0.1) is 5.82 Å². The molecule has 2 aromatic rings. The van der Waals surface area contributed by atoms with Crippen LogP contribution in [-0.2, 0) is 6.54 Å². The van der Waals surface area contributed by atoms with Crippen molar-refractivity contribution in [3.05, 3.63) is 62.8 Å². The molecule has 0 aliphatic rings. The molecule has 0 aliphatic heterocycles. The summed E-state index contributed by atoms with van der Waals surface area (Å²) >= 11 is 9.19. The average molecular weight is 359 g/mol. The highest BCUT2D eigenvalue weighted by Crippen LogP contribution is 2.24. The lowest BCUT2D eigenvalue weighted by atomic mass is 10.1. The summed E-state index contributed by atoms with van der Waals surface area (Å²) in [6.45, 7) is 0.357. The predicted octanol–water partition coefficient (Wildman–Crippen LogP) is 4.55. The Bertz CT molecular complexity index is 664. The molecule has 2 rings (SSSR count). The Labute approximate surface area is 128 Å². The first kappa shape index (κ1) is 14.8. The number of benzene rings is 2. The van der Waals surface area contributed by atoms with E-state index in [1.165, 1.54) is 12.1 Å². The maximum absolute atomic E-state index is 13.6. The quantitative estimate of drug-likeness (QED) is 0.843. The minimum absolute atomic E-state index is 0.0335. The topological polar surface area (TPSA) is 49.3 Å². The third-order valence-corrected chi connectivity index (χ3v) is 3.89. The third kappa shape index (κ3) is 3.49. The summed E-state index contributed by atoms with van der Waals surface area (Å²) in [6, 6.07) is 8.97. The first-order valence-corrected chi connectivity index (χ1v) is 6.85. The highest BCUT2D eigenvalue weighted by Gasteiger charge is 2.08. The number of halogens is 3. The van der Waals surface area contributed by atoms with E-state index in [4.69, 9.17) is 16.7 Å². The van der Waals surface area contributed by atoms with E-state index in [0.29, 0.717) is 11.6 Å². The van der Waals surface area contributed by atoms with Crippen LogP contribution in [0.2, 0.25) is 5.02 Å². The molecule has 3 nitrogen and oxygen atoms in total.